The van der Waals surface area contributed by atoms with Gasteiger partial charge in [-0.3, -0.25) is 4.90 Å². The van der Waals surface area contributed by atoms with Gasteiger partial charge in [-0.1, -0.05) is 36.4 Å². The summed E-state index contributed by atoms with van der Waals surface area (Å²) in [7, 11) is 0. The molecule has 1 atom stereocenters. The molecule has 0 spiro atoms. The maximum Gasteiger partial charge on any atom is 0.0916 e. The highest BCUT2D eigenvalue weighted by Crippen LogP contribution is 2.15. The van der Waals surface area contributed by atoms with Crippen LogP contribution >= 0.6 is 11.3 Å². The number of rotatable bonds is 6. The predicted octanol–water partition coefficient (Wildman–Crippen LogP) is 2.64. The van der Waals surface area contributed by atoms with E-state index in [4.69, 9.17) is 0 Å². The summed E-state index contributed by atoms with van der Waals surface area (Å²) < 4.78 is 0. The molecule has 1 aliphatic heterocycles. The monoisotopic (exact) mass is 316 g/mol. The molecule has 2 aromatic rings. The van der Waals surface area contributed by atoms with Gasteiger partial charge in [-0.05, 0) is 23.4 Å². The maximum atomic E-state index is 10.3. The number of benzene rings is 1. The van der Waals surface area contributed by atoms with Crippen molar-refractivity contribution in [3.8, 4) is 0 Å². The summed E-state index contributed by atoms with van der Waals surface area (Å²) in [4.78, 5) is 6.38. The summed E-state index contributed by atoms with van der Waals surface area (Å²) in [6, 6.07) is 14.3. The molecule has 1 aromatic heterocycles. The van der Waals surface area contributed by atoms with Gasteiger partial charge in [0.05, 0.1) is 6.10 Å². The third-order valence-electron chi connectivity index (χ3n) is 4.33. The van der Waals surface area contributed by atoms with E-state index in [0.29, 0.717) is 0 Å². The van der Waals surface area contributed by atoms with E-state index >= 15 is 0 Å². The smallest absolute Gasteiger partial charge is 0.0916 e. The fraction of sp³-hybridized carbons (Fsp3) is 0.444. The topological polar surface area (TPSA) is 26.7 Å². The lowest BCUT2D eigenvalue weighted by Gasteiger charge is -2.35. The summed E-state index contributed by atoms with van der Waals surface area (Å²) in [5, 5.41) is 12.5. The van der Waals surface area contributed by atoms with Crippen molar-refractivity contribution in [2.24, 2.45) is 0 Å². The second-order valence-electron chi connectivity index (χ2n) is 5.90. The molecule has 1 N–H and O–H groups in total. The largest absolute Gasteiger partial charge is 0.387 e. The molecule has 1 fully saturated rings. The van der Waals surface area contributed by atoms with Gasteiger partial charge in [-0.25, -0.2) is 0 Å². The molecule has 1 aromatic carbocycles. The highest BCUT2D eigenvalue weighted by atomic mass is 32.1. The van der Waals surface area contributed by atoms with Gasteiger partial charge < -0.3 is 10.0 Å². The number of nitrogens with zero attached hydrogens (tertiary/aromatic N) is 2. The Bertz CT molecular complexity index is 535. The van der Waals surface area contributed by atoms with Crippen molar-refractivity contribution in [3.05, 3.63) is 58.3 Å². The fourth-order valence-corrected chi connectivity index (χ4v) is 3.64. The van der Waals surface area contributed by atoms with Gasteiger partial charge in [-0.15, -0.1) is 11.3 Å². The van der Waals surface area contributed by atoms with Crippen LogP contribution in [0.3, 0.4) is 0 Å². The number of aliphatic hydroxyl groups is 1. The molecule has 0 bridgehead atoms. The molecule has 1 saturated heterocycles. The lowest BCUT2D eigenvalue weighted by atomic mass is 10.1. The number of β-amino-alcohol motifs (C(OH)–C–C–N with tert-alkyl or cyclic N) is 1. The van der Waals surface area contributed by atoms with E-state index in [1.165, 1.54) is 4.88 Å². The van der Waals surface area contributed by atoms with Gasteiger partial charge in [0.1, 0.15) is 0 Å². The minimum atomic E-state index is -0.376. The molecule has 0 saturated carbocycles. The predicted molar refractivity (Wildman–Crippen MR) is 92.3 cm³/mol. The first-order valence-electron chi connectivity index (χ1n) is 8.01. The quantitative estimate of drug-likeness (QED) is 0.887. The number of aliphatic hydroxyl groups excluding tert-OH is 1. The number of thiophene rings is 1. The average Bonchev–Trinajstić information content (AvgIpc) is 3.08. The first kappa shape index (κ1) is 15.7. The van der Waals surface area contributed by atoms with Gasteiger partial charge in [-0.2, -0.15) is 0 Å². The minimum absolute atomic E-state index is 0.376. The van der Waals surface area contributed by atoms with Crippen LogP contribution in [0.15, 0.2) is 47.8 Å². The van der Waals surface area contributed by atoms with E-state index in [1.807, 2.05) is 41.7 Å². The van der Waals surface area contributed by atoms with Gasteiger partial charge >= 0.3 is 0 Å². The van der Waals surface area contributed by atoms with Gasteiger partial charge in [0.2, 0.25) is 0 Å². The van der Waals surface area contributed by atoms with Crippen molar-refractivity contribution in [2.75, 3.05) is 39.3 Å². The van der Waals surface area contributed by atoms with Crippen LogP contribution in [0.2, 0.25) is 0 Å². The second kappa shape index (κ2) is 7.88. The summed E-state index contributed by atoms with van der Waals surface area (Å²) in [5.41, 5.74) is 1.02. The van der Waals surface area contributed by atoms with Crippen LogP contribution in [-0.4, -0.2) is 54.2 Å². The standard InChI is InChI=1S/C18H24N2OS/c21-18(16-5-2-1-3-6-16)15-20-12-10-19(11-13-20)9-8-17-7-4-14-22-17/h1-7,14,18,21H,8-13,15H2/t18-/m1/s1. The van der Waals surface area contributed by atoms with Gasteiger partial charge in [0, 0.05) is 44.1 Å². The van der Waals surface area contributed by atoms with E-state index in [0.717, 1.165) is 51.3 Å². The Hall–Kier alpha value is -1.20. The number of piperazine rings is 1. The Morgan fingerprint density at radius 2 is 1.68 bits per heavy atom. The zero-order valence-electron chi connectivity index (χ0n) is 12.9. The van der Waals surface area contributed by atoms with E-state index in [-0.39, 0.29) is 6.10 Å². The lowest BCUT2D eigenvalue weighted by Crippen LogP contribution is -2.47. The van der Waals surface area contributed by atoms with Crippen LogP contribution in [0, 0.1) is 0 Å². The molecular formula is C18H24N2OS. The molecule has 118 valence electrons. The summed E-state index contributed by atoms with van der Waals surface area (Å²) in [5.74, 6) is 0. The Morgan fingerprint density at radius 1 is 0.955 bits per heavy atom. The number of hydrogen-bond donors (Lipinski definition) is 1. The third-order valence-corrected chi connectivity index (χ3v) is 5.27. The Balaban J connectivity index is 1.40. The number of hydrogen-bond acceptors (Lipinski definition) is 4. The van der Waals surface area contributed by atoms with Crippen LogP contribution < -0.4 is 0 Å². The lowest BCUT2D eigenvalue weighted by molar-refractivity contribution is 0.0730. The maximum absolute atomic E-state index is 10.3. The average molecular weight is 316 g/mol. The highest BCUT2D eigenvalue weighted by molar-refractivity contribution is 7.09. The fourth-order valence-electron chi connectivity index (χ4n) is 2.94. The van der Waals surface area contributed by atoms with Gasteiger partial charge in [0.25, 0.3) is 0 Å². The van der Waals surface area contributed by atoms with E-state index in [1.54, 1.807) is 0 Å². The molecule has 1 aliphatic rings. The molecule has 2 heterocycles. The normalized spacial score (nSPS) is 18.4. The van der Waals surface area contributed by atoms with Crippen molar-refractivity contribution in [1.29, 1.82) is 0 Å². The highest BCUT2D eigenvalue weighted by Gasteiger charge is 2.19. The molecule has 0 radical (unpaired) electrons. The SMILES string of the molecule is O[C@H](CN1CCN(CCc2cccs2)CC1)c1ccccc1. The van der Waals surface area contributed by atoms with Crippen LogP contribution in [0.25, 0.3) is 0 Å². The van der Waals surface area contributed by atoms with Crippen molar-refractivity contribution < 1.29 is 5.11 Å². The summed E-state index contributed by atoms with van der Waals surface area (Å²) >= 11 is 1.85. The Labute approximate surface area is 136 Å². The molecule has 0 aliphatic carbocycles. The summed E-state index contributed by atoms with van der Waals surface area (Å²) in [6.07, 6.45) is 0.781. The molecular weight excluding hydrogens is 292 g/mol. The first-order chi connectivity index (χ1) is 10.8. The Kier molecular flexibility index (Phi) is 5.62. The van der Waals surface area contributed by atoms with E-state index < -0.39 is 0 Å². The van der Waals surface area contributed by atoms with Crippen LogP contribution in [0.4, 0.5) is 0 Å². The van der Waals surface area contributed by atoms with Crippen LogP contribution in [0.5, 0.6) is 0 Å². The van der Waals surface area contributed by atoms with Crippen molar-refractivity contribution in [1.82, 2.24) is 9.80 Å². The second-order valence-corrected chi connectivity index (χ2v) is 6.93. The van der Waals surface area contributed by atoms with Gasteiger partial charge in [0.15, 0.2) is 0 Å². The molecule has 22 heavy (non-hydrogen) atoms. The van der Waals surface area contributed by atoms with Crippen LogP contribution in [-0.2, 0) is 6.42 Å². The van der Waals surface area contributed by atoms with Crippen molar-refractivity contribution >= 4 is 11.3 Å². The summed E-state index contributed by atoms with van der Waals surface area (Å²) in [6.45, 7) is 6.20. The van der Waals surface area contributed by atoms with Crippen molar-refractivity contribution in [2.45, 2.75) is 12.5 Å². The minimum Gasteiger partial charge on any atom is -0.387 e. The third kappa shape index (κ3) is 4.40. The van der Waals surface area contributed by atoms with E-state index in [9.17, 15) is 5.11 Å². The van der Waals surface area contributed by atoms with Crippen LogP contribution in [0.1, 0.15) is 16.5 Å². The molecule has 0 unspecified atom stereocenters. The Morgan fingerprint density at radius 3 is 2.36 bits per heavy atom. The molecule has 3 rings (SSSR count). The van der Waals surface area contributed by atoms with Crippen molar-refractivity contribution in [3.63, 3.8) is 0 Å². The first-order valence-corrected chi connectivity index (χ1v) is 8.89. The molecule has 3 nitrogen and oxygen atoms in total. The molecule has 4 heteroatoms. The molecule has 0 amide bonds. The zero-order chi connectivity index (χ0) is 15.2. The van der Waals surface area contributed by atoms with E-state index in [2.05, 4.69) is 27.3 Å². The zero-order valence-corrected chi connectivity index (χ0v) is 13.7.